The summed E-state index contributed by atoms with van der Waals surface area (Å²) in [5.74, 6) is 1.42. The van der Waals surface area contributed by atoms with Crippen LogP contribution in [0.3, 0.4) is 0 Å². The zero-order chi connectivity index (χ0) is 15.8. The third kappa shape index (κ3) is 2.83. The summed E-state index contributed by atoms with van der Waals surface area (Å²) in [6.07, 6.45) is 2.97. The molecule has 2 heterocycles. The maximum absolute atomic E-state index is 12.8. The molecule has 1 atom stereocenters. The summed E-state index contributed by atoms with van der Waals surface area (Å²) in [5, 5.41) is 0.706. The number of hydrogen-bond acceptors (Lipinski definition) is 2. The van der Waals surface area contributed by atoms with Crippen LogP contribution in [0.2, 0.25) is 0 Å². The van der Waals surface area contributed by atoms with Gasteiger partial charge in [0, 0.05) is 17.4 Å². The summed E-state index contributed by atoms with van der Waals surface area (Å²) in [6.45, 7) is 0.766. The zero-order valence-electron chi connectivity index (χ0n) is 12.7. The molecule has 116 valence electrons. The van der Waals surface area contributed by atoms with Crippen LogP contribution in [-0.4, -0.2) is 9.55 Å². The molecule has 3 aromatic rings. The normalized spacial score (nSPS) is 17.2. The molecule has 1 unspecified atom stereocenters. The quantitative estimate of drug-likeness (QED) is 0.685. The van der Waals surface area contributed by atoms with Gasteiger partial charge in [-0.25, -0.2) is 4.98 Å². The van der Waals surface area contributed by atoms with Crippen molar-refractivity contribution in [2.45, 2.75) is 25.8 Å². The van der Waals surface area contributed by atoms with Gasteiger partial charge >= 0.3 is 0 Å². The third-order valence-corrected chi connectivity index (χ3v) is 5.07. The van der Waals surface area contributed by atoms with Crippen molar-refractivity contribution >= 4 is 26.8 Å². The summed E-state index contributed by atoms with van der Waals surface area (Å²) >= 11 is 3.45. The zero-order valence-corrected chi connectivity index (χ0v) is 14.3. The molecule has 3 nitrogen and oxygen atoms in total. The molecule has 0 fully saturated rings. The van der Waals surface area contributed by atoms with Crippen LogP contribution in [0.25, 0.3) is 10.9 Å². The summed E-state index contributed by atoms with van der Waals surface area (Å²) in [5.41, 5.74) is 2.22. The van der Waals surface area contributed by atoms with E-state index in [1.54, 1.807) is 0 Å². The molecule has 1 aromatic heterocycles. The first kappa shape index (κ1) is 14.6. The van der Waals surface area contributed by atoms with Crippen molar-refractivity contribution in [3.05, 3.63) is 74.7 Å². The number of halogens is 1. The van der Waals surface area contributed by atoms with Crippen LogP contribution in [0.4, 0.5) is 0 Å². The predicted octanol–water partition coefficient (Wildman–Crippen LogP) is 3.96. The lowest BCUT2D eigenvalue weighted by Crippen LogP contribution is -2.33. The highest BCUT2D eigenvalue weighted by Gasteiger charge is 2.22. The largest absolute Gasteiger partial charge is 0.296 e. The van der Waals surface area contributed by atoms with E-state index >= 15 is 0 Å². The first-order valence-electron chi connectivity index (χ1n) is 7.93. The van der Waals surface area contributed by atoms with Gasteiger partial charge in [-0.3, -0.25) is 9.36 Å². The Kier molecular flexibility index (Phi) is 3.77. The van der Waals surface area contributed by atoms with E-state index in [4.69, 9.17) is 4.98 Å². The lowest BCUT2D eigenvalue weighted by molar-refractivity contribution is 0.353. The van der Waals surface area contributed by atoms with Gasteiger partial charge in [0.05, 0.1) is 10.9 Å². The molecule has 4 rings (SSSR count). The molecule has 0 radical (unpaired) electrons. The van der Waals surface area contributed by atoms with Crippen LogP contribution in [0.15, 0.2) is 57.8 Å². The van der Waals surface area contributed by atoms with E-state index in [0.29, 0.717) is 11.3 Å². The van der Waals surface area contributed by atoms with Crippen LogP contribution < -0.4 is 5.56 Å². The minimum absolute atomic E-state index is 0.0928. The van der Waals surface area contributed by atoms with Crippen molar-refractivity contribution in [3.63, 3.8) is 0 Å². The molecule has 0 aliphatic carbocycles. The van der Waals surface area contributed by atoms with Crippen molar-refractivity contribution in [1.82, 2.24) is 9.55 Å². The number of aryl methyl sites for hydroxylation is 1. The minimum atomic E-state index is 0.0928. The maximum atomic E-state index is 12.8. The maximum Gasteiger partial charge on any atom is 0.261 e. The Labute approximate surface area is 143 Å². The van der Waals surface area contributed by atoms with Crippen LogP contribution in [-0.2, 0) is 19.4 Å². The molecule has 0 saturated carbocycles. The molecule has 0 saturated heterocycles. The highest BCUT2D eigenvalue weighted by Crippen LogP contribution is 2.23. The molecule has 23 heavy (non-hydrogen) atoms. The Bertz CT molecular complexity index is 918. The molecular weight excluding hydrogens is 352 g/mol. The first-order valence-corrected chi connectivity index (χ1v) is 8.73. The number of hydrogen-bond donors (Lipinski definition) is 0. The predicted molar refractivity (Wildman–Crippen MR) is 95.7 cm³/mol. The summed E-state index contributed by atoms with van der Waals surface area (Å²) in [7, 11) is 0. The SMILES string of the molecule is O=c1c2ccc(Br)cc2nc2n1CC(Cc1ccccc1)CC2. The van der Waals surface area contributed by atoms with Crippen molar-refractivity contribution < 1.29 is 0 Å². The minimum Gasteiger partial charge on any atom is -0.296 e. The fraction of sp³-hybridized carbons (Fsp3) is 0.263. The number of benzene rings is 2. The standard InChI is InChI=1S/C19H17BrN2O/c20-15-7-8-16-17(11-15)21-18-9-6-14(12-22(18)19(16)23)10-13-4-2-1-3-5-13/h1-5,7-8,11,14H,6,9-10,12H2. The van der Waals surface area contributed by atoms with E-state index in [2.05, 4.69) is 40.2 Å². The van der Waals surface area contributed by atoms with E-state index < -0.39 is 0 Å². The molecular formula is C19H17BrN2O. The molecule has 2 aromatic carbocycles. The Morgan fingerprint density at radius 3 is 2.83 bits per heavy atom. The van der Waals surface area contributed by atoms with E-state index in [1.807, 2.05) is 28.8 Å². The Hall–Kier alpha value is -1.94. The number of aromatic nitrogens is 2. The van der Waals surface area contributed by atoms with Gasteiger partial charge in [-0.2, -0.15) is 0 Å². The van der Waals surface area contributed by atoms with Crippen molar-refractivity contribution in [2.24, 2.45) is 5.92 Å². The van der Waals surface area contributed by atoms with E-state index in [1.165, 1.54) is 5.56 Å². The highest BCUT2D eigenvalue weighted by molar-refractivity contribution is 9.10. The summed E-state index contributed by atoms with van der Waals surface area (Å²) < 4.78 is 2.84. The molecule has 0 N–H and O–H groups in total. The Balaban J connectivity index is 1.69. The smallest absolute Gasteiger partial charge is 0.261 e. The third-order valence-electron chi connectivity index (χ3n) is 4.58. The lowest BCUT2D eigenvalue weighted by Gasteiger charge is -2.26. The van der Waals surface area contributed by atoms with Crippen LogP contribution in [0.1, 0.15) is 17.8 Å². The van der Waals surface area contributed by atoms with Gasteiger partial charge in [-0.1, -0.05) is 46.3 Å². The summed E-state index contributed by atoms with van der Waals surface area (Å²) in [4.78, 5) is 17.5. The summed E-state index contributed by atoms with van der Waals surface area (Å²) in [6, 6.07) is 16.2. The van der Waals surface area contributed by atoms with Gasteiger partial charge < -0.3 is 0 Å². The Morgan fingerprint density at radius 2 is 2.00 bits per heavy atom. The van der Waals surface area contributed by atoms with Gasteiger partial charge in [0.25, 0.3) is 5.56 Å². The average molecular weight is 369 g/mol. The van der Waals surface area contributed by atoms with Gasteiger partial charge in [-0.05, 0) is 42.5 Å². The molecule has 0 bridgehead atoms. The van der Waals surface area contributed by atoms with Crippen molar-refractivity contribution in [3.8, 4) is 0 Å². The van der Waals surface area contributed by atoms with Gasteiger partial charge in [0.1, 0.15) is 5.82 Å². The lowest BCUT2D eigenvalue weighted by atomic mass is 9.92. The van der Waals surface area contributed by atoms with E-state index in [0.717, 1.165) is 41.6 Å². The van der Waals surface area contributed by atoms with Crippen molar-refractivity contribution in [2.75, 3.05) is 0 Å². The topological polar surface area (TPSA) is 34.9 Å². The van der Waals surface area contributed by atoms with Gasteiger partial charge in [-0.15, -0.1) is 0 Å². The first-order chi connectivity index (χ1) is 11.2. The number of rotatable bonds is 2. The highest BCUT2D eigenvalue weighted by atomic mass is 79.9. The molecule has 0 amide bonds. The second-order valence-corrected chi connectivity index (χ2v) is 7.12. The second kappa shape index (κ2) is 5.93. The van der Waals surface area contributed by atoms with E-state index in [9.17, 15) is 4.79 Å². The fourth-order valence-corrected chi connectivity index (χ4v) is 3.77. The molecule has 4 heteroatoms. The van der Waals surface area contributed by atoms with Crippen LogP contribution >= 0.6 is 15.9 Å². The van der Waals surface area contributed by atoms with Gasteiger partial charge in [0.2, 0.25) is 0 Å². The number of fused-ring (bicyclic) bond motifs is 2. The van der Waals surface area contributed by atoms with Gasteiger partial charge in [0.15, 0.2) is 0 Å². The van der Waals surface area contributed by atoms with E-state index in [-0.39, 0.29) is 5.56 Å². The Morgan fingerprint density at radius 1 is 1.17 bits per heavy atom. The number of nitrogens with zero attached hydrogens (tertiary/aromatic N) is 2. The molecule has 0 spiro atoms. The van der Waals surface area contributed by atoms with Crippen molar-refractivity contribution in [1.29, 1.82) is 0 Å². The molecule has 1 aliphatic rings. The van der Waals surface area contributed by atoms with Crippen LogP contribution in [0, 0.1) is 5.92 Å². The molecule has 1 aliphatic heterocycles. The fourth-order valence-electron chi connectivity index (χ4n) is 3.42. The second-order valence-electron chi connectivity index (χ2n) is 6.20. The average Bonchev–Trinajstić information content (AvgIpc) is 2.56. The van der Waals surface area contributed by atoms with Crippen LogP contribution in [0.5, 0.6) is 0 Å². The monoisotopic (exact) mass is 368 g/mol.